The second-order valence-corrected chi connectivity index (χ2v) is 4.79. The molecule has 2 atom stereocenters. The first-order chi connectivity index (χ1) is 8.33. The molecule has 0 aromatic heterocycles. The van der Waals surface area contributed by atoms with Crippen molar-refractivity contribution in [3.05, 3.63) is 29.8 Å². The number of para-hydroxylation sites is 1. The third-order valence-electron chi connectivity index (χ3n) is 3.54. The van der Waals surface area contributed by atoms with Crippen molar-refractivity contribution >= 4 is 0 Å². The van der Waals surface area contributed by atoms with Crippen molar-refractivity contribution in [2.75, 3.05) is 6.54 Å². The predicted octanol–water partition coefficient (Wildman–Crippen LogP) is 3.16. The van der Waals surface area contributed by atoms with Crippen LogP contribution in [-0.4, -0.2) is 18.7 Å². The normalized spacial score (nSPS) is 19.8. The molecule has 94 valence electrons. The predicted molar refractivity (Wildman–Crippen MR) is 71.6 cm³/mol. The maximum atomic E-state index is 5.95. The highest BCUT2D eigenvalue weighted by molar-refractivity contribution is 5.37. The van der Waals surface area contributed by atoms with Crippen LogP contribution in [0.1, 0.15) is 38.7 Å². The summed E-state index contributed by atoms with van der Waals surface area (Å²) in [6, 6.07) is 9.05. The summed E-state index contributed by atoms with van der Waals surface area (Å²) in [6.45, 7) is 5.48. The molecule has 0 spiro atoms. The SMILES string of the molecule is CCNC(CC)CCC1Cc2ccccc2O1. The van der Waals surface area contributed by atoms with Crippen molar-refractivity contribution in [1.29, 1.82) is 0 Å². The summed E-state index contributed by atoms with van der Waals surface area (Å²) >= 11 is 0. The minimum atomic E-state index is 0.389. The summed E-state index contributed by atoms with van der Waals surface area (Å²) in [4.78, 5) is 0. The van der Waals surface area contributed by atoms with Gasteiger partial charge in [-0.3, -0.25) is 0 Å². The van der Waals surface area contributed by atoms with E-state index in [4.69, 9.17) is 4.74 Å². The van der Waals surface area contributed by atoms with Gasteiger partial charge in [-0.2, -0.15) is 0 Å². The molecule has 0 amide bonds. The maximum Gasteiger partial charge on any atom is 0.123 e. The summed E-state index contributed by atoms with van der Waals surface area (Å²) in [5.74, 6) is 1.09. The maximum absolute atomic E-state index is 5.95. The van der Waals surface area contributed by atoms with Gasteiger partial charge in [0.2, 0.25) is 0 Å². The fourth-order valence-electron chi connectivity index (χ4n) is 2.54. The van der Waals surface area contributed by atoms with Gasteiger partial charge >= 0.3 is 0 Å². The molecule has 1 aromatic rings. The molecule has 0 radical (unpaired) electrons. The number of hydrogen-bond donors (Lipinski definition) is 1. The van der Waals surface area contributed by atoms with Crippen LogP contribution in [0.15, 0.2) is 24.3 Å². The molecule has 1 aromatic carbocycles. The van der Waals surface area contributed by atoms with Gasteiger partial charge in [-0.15, -0.1) is 0 Å². The van der Waals surface area contributed by atoms with Gasteiger partial charge in [0.15, 0.2) is 0 Å². The highest BCUT2D eigenvalue weighted by Crippen LogP contribution is 2.30. The Morgan fingerprint density at radius 1 is 1.35 bits per heavy atom. The van der Waals surface area contributed by atoms with E-state index < -0.39 is 0 Å². The first-order valence-electron chi connectivity index (χ1n) is 6.81. The Bertz CT molecular complexity index is 326. The Labute approximate surface area is 104 Å². The van der Waals surface area contributed by atoms with E-state index in [0.717, 1.165) is 25.1 Å². The molecule has 17 heavy (non-hydrogen) atoms. The molecule has 0 saturated carbocycles. The first kappa shape index (κ1) is 12.4. The van der Waals surface area contributed by atoms with Crippen LogP contribution in [0.4, 0.5) is 0 Å². The average molecular weight is 233 g/mol. The Hall–Kier alpha value is -1.02. The Morgan fingerprint density at radius 3 is 2.88 bits per heavy atom. The Morgan fingerprint density at radius 2 is 2.18 bits per heavy atom. The first-order valence-corrected chi connectivity index (χ1v) is 6.81. The summed E-state index contributed by atoms with van der Waals surface area (Å²) < 4.78 is 5.95. The molecule has 1 heterocycles. The van der Waals surface area contributed by atoms with Crippen LogP contribution in [0.3, 0.4) is 0 Å². The quantitative estimate of drug-likeness (QED) is 0.815. The molecule has 2 rings (SSSR count). The molecule has 2 heteroatoms. The van der Waals surface area contributed by atoms with Crippen LogP contribution < -0.4 is 10.1 Å². The number of rotatable bonds is 6. The molecule has 2 unspecified atom stereocenters. The summed E-state index contributed by atoms with van der Waals surface area (Å²) in [6.07, 6.45) is 5.04. The molecule has 0 saturated heterocycles. The van der Waals surface area contributed by atoms with E-state index in [-0.39, 0.29) is 0 Å². The van der Waals surface area contributed by atoms with Gasteiger partial charge in [0, 0.05) is 12.5 Å². The molecule has 1 aliphatic rings. The third-order valence-corrected chi connectivity index (χ3v) is 3.54. The summed E-state index contributed by atoms with van der Waals surface area (Å²) in [5.41, 5.74) is 1.37. The number of benzene rings is 1. The van der Waals surface area contributed by atoms with Crippen LogP contribution in [0.5, 0.6) is 5.75 Å². The van der Waals surface area contributed by atoms with Crippen LogP contribution >= 0.6 is 0 Å². The second kappa shape index (κ2) is 6.06. The van der Waals surface area contributed by atoms with Gasteiger partial charge in [-0.1, -0.05) is 32.0 Å². The van der Waals surface area contributed by atoms with Crippen LogP contribution in [0.2, 0.25) is 0 Å². The fourth-order valence-corrected chi connectivity index (χ4v) is 2.54. The zero-order valence-corrected chi connectivity index (χ0v) is 10.9. The molecule has 0 bridgehead atoms. The van der Waals surface area contributed by atoms with E-state index in [1.807, 2.05) is 0 Å². The van der Waals surface area contributed by atoms with Crippen LogP contribution in [0, 0.1) is 0 Å². The zero-order chi connectivity index (χ0) is 12.1. The topological polar surface area (TPSA) is 21.3 Å². The summed E-state index contributed by atoms with van der Waals surface area (Å²) in [7, 11) is 0. The van der Waals surface area contributed by atoms with Crippen molar-refractivity contribution in [1.82, 2.24) is 5.32 Å². The minimum absolute atomic E-state index is 0.389. The Balaban J connectivity index is 1.79. The lowest BCUT2D eigenvalue weighted by Gasteiger charge is -2.18. The van der Waals surface area contributed by atoms with Gasteiger partial charge in [-0.25, -0.2) is 0 Å². The highest BCUT2D eigenvalue weighted by atomic mass is 16.5. The van der Waals surface area contributed by atoms with Crippen LogP contribution in [-0.2, 0) is 6.42 Å². The monoisotopic (exact) mass is 233 g/mol. The molecular formula is C15H23NO. The van der Waals surface area contributed by atoms with E-state index >= 15 is 0 Å². The van der Waals surface area contributed by atoms with Crippen molar-refractivity contribution in [2.24, 2.45) is 0 Å². The van der Waals surface area contributed by atoms with Crippen molar-refractivity contribution in [3.8, 4) is 5.75 Å². The lowest BCUT2D eigenvalue weighted by Crippen LogP contribution is -2.29. The van der Waals surface area contributed by atoms with Crippen molar-refractivity contribution in [3.63, 3.8) is 0 Å². The van der Waals surface area contributed by atoms with Gasteiger partial charge in [0.25, 0.3) is 0 Å². The van der Waals surface area contributed by atoms with Gasteiger partial charge in [0.1, 0.15) is 11.9 Å². The largest absolute Gasteiger partial charge is 0.490 e. The van der Waals surface area contributed by atoms with E-state index in [0.29, 0.717) is 12.1 Å². The molecule has 1 aliphatic heterocycles. The van der Waals surface area contributed by atoms with E-state index in [1.54, 1.807) is 0 Å². The number of hydrogen-bond acceptors (Lipinski definition) is 2. The van der Waals surface area contributed by atoms with Gasteiger partial charge < -0.3 is 10.1 Å². The molecule has 2 nitrogen and oxygen atoms in total. The van der Waals surface area contributed by atoms with E-state index in [1.165, 1.54) is 18.4 Å². The molecule has 0 fully saturated rings. The number of ether oxygens (including phenoxy) is 1. The average Bonchev–Trinajstić information content (AvgIpc) is 2.77. The van der Waals surface area contributed by atoms with Gasteiger partial charge in [-0.05, 0) is 37.4 Å². The standard InChI is InChI=1S/C15H23NO/c1-3-13(16-4-2)9-10-14-11-12-7-5-6-8-15(12)17-14/h5-8,13-14,16H,3-4,9-11H2,1-2H3. The number of fused-ring (bicyclic) bond motifs is 1. The lowest BCUT2D eigenvalue weighted by molar-refractivity contribution is 0.210. The third kappa shape index (κ3) is 3.22. The second-order valence-electron chi connectivity index (χ2n) is 4.79. The highest BCUT2D eigenvalue weighted by Gasteiger charge is 2.22. The van der Waals surface area contributed by atoms with E-state index in [2.05, 4.69) is 43.4 Å². The van der Waals surface area contributed by atoms with Crippen molar-refractivity contribution in [2.45, 2.75) is 51.7 Å². The smallest absolute Gasteiger partial charge is 0.123 e. The molecule has 1 N–H and O–H groups in total. The van der Waals surface area contributed by atoms with Gasteiger partial charge in [0.05, 0.1) is 0 Å². The Kier molecular flexibility index (Phi) is 4.43. The summed E-state index contributed by atoms with van der Waals surface area (Å²) in [5, 5.41) is 3.52. The zero-order valence-electron chi connectivity index (χ0n) is 10.9. The number of nitrogens with one attached hydrogen (secondary N) is 1. The van der Waals surface area contributed by atoms with E-state index in [9.17, 15) is 0 Å². The minimum Gasteiger partial charge on any atom is -0.490 e. The fraction of sp³-hybridized carbons (Fsp3) is 0.600. The molecule has 0 aliphatic carbocycles. The molecular weight excluding hydrogens is 210 g/mol. The van der Waals surface area contributed by atoms with Crippen LogP contribution in [0.25, 0.3) is 0 Å². The van der Waals surface area contributed by atoms with Crippen molar-refractivity contribution < 1.29 is 4.74 Å². The lowest BCUT2D eigenvalue weighted by atomic mass is 10.0.